The van der Waals surface area contributed by atoms with E-state index in [1.54, 1.807) is 0 Å². The van der Waals surface area contributed by atoms with Crippen molar-refractivity contribution in [3.63, 3.8) is 0 Å². The highest BCUT2D eigenvalue weighted by Gasteiger charge is 2.32. The first-order valence-electron chi connectivity index (χ1n) is 4.25. The molecule has 0 spiro atoms. The summed E-state index contributed by atoms with van der Waals surface area (Å²) < 4.78 is 37.5. The number of carbonyl (C=O) groups is 1. The molecule has 1 aromatic rings. The van der Waals surface area contributed by atoms with Gasteiger partial charge in [0, 0.05) is 0 Å². The predicted molar refractivity (Wildman–Crippen MR) is 51.2 cm³/mol. The lowest BCUT2D eigenvalue weighted by Gasteiger charge is -2.09. The summed E-state index contributed by atoms with van der Waals surface area (Å²) >= 11 is 0. The standard InChI is InChI=1S/C11H9F3O/c1-8(7-15)6-9-4-2-3-5-10(9)11(12,13)14/h2-7H,1H3/b8-6+. The number of rotatable bonds is 2. The molecule has 80 valence electrons. The van der Waals surface area contributed by atoms with Gasteiger partial charge in [0.1, 0.15) is 6.29 Å². The van der Waals surface area contributed by atoms with Crippen LogP contribution in [0, 0.1) is 0 Å². The average molecular weight is 214 g/mol. The van der Waals surface area contributed by atoms with Gasteiger partial charge in [0.25, 0.3) is 0 Å². The van der Waals surface area contributed by atoms with Crippen molar-refractivity contribution in [2.24, 2.45) is 0 Å². The number of alkyl halides is 3. The van der Waals surface area contributed by atoms with Crippen molar-refractivity contribution >= 4 is 12.4 Å². The number of hydrogen-bond donors (Lipinski definition) is 0. The van der Waals surface area contributed by atoms with E-state index in [4.69, 9.17) is 0 Å². The van der Waals surface area contributed by atoms with Crippen molar-refractivity contribution in [2.75, 3.05) is 0 Å². The van der Waals surface area contributed by atoms with Gasteiger partial charge in [-0.15, -0.1) is 0 Å². The Hall–Kier alpha value is -1.58. The van der Waals surface area contributed by atoms with Crippen molar-refractivity contribution in [1.82, 2.24) is 0 Å². The van der Waals surface area contributed by atoms with Crippen LogP contribution in [0.15, 0.2) is 29.8 Å². The zero-order valence-electron chi connectivity index (χ0n) is 8.01. The molecule has 0 aliphatic rings. The van der Waals surface area contributed by atoms with Crippen LogP contribution in [0.5, 0.6) is 0 Å². The SMILES string of the molecule is C/C(C=O)=C\c1ccccc1C(F)(F)F. The van der Waals surface area contributed by atoms with Crippen LogP contribution in [0.4, 0.5) is 13.2 Å². The van der Waals surface area contributed by atoms with Crippen LogP contribution in [-0.4, -0.2) is 6.29 Å². The molecule has 0 bridgehead atoms. The number of benzene rings is 1. The molecular weight excluding hydrogens is 205 g/mol. The highest BCUT2D eigenvalue weighted by atomic mass is 19.4. The lowest BCUT2D eigenvalue weighted by molar-refractivity contribution is -0.137. The number of aldehydes is 1. The summed E-state index contributed by atoms with van der Waals surface area (Å²) in [5.41, 5.74) is -0.465. The van der Waals surface area contributed by atoms with Crippen LogP contribution in [0.1, 0.15) is 18.1 Å². The lowest BCUT2D eigenvalue weighted by Crippen LogP contribution is -2.07. The van der Waals surface area contributed by atoms with Crippen molar-refractivity contribution in [3.05, 3.63) is 41.0 Å². The van der Waals surface area contributed by atoms with Crippen LogP contribution in [0.3, 0.4) is 0 Å². The molecule has 0 heterocycles. The van der Waals surface area contributed by atoms with Gasteiger partial charge < -0.3 is 0 Å². The number of halogens is 3. The first kappa shape index (κ1) is 11.5. The Balaban J connectivity index is 3.24. The maximum Gasteiger partial charge on any atom is 0.416 e. The van der Waals surface area contributed by atoms with Crippen molar-refractivity contribution < 1.29 is 18.0 Å². The third-order valence-electron chi connectivity index (χ3n) is 1.84. The summed E-state index contributed by atoms with van der Waals surface area (Å²) in [5, 5.41) is 0. The maximum absolute atomic E-state index is 12.5. The first-order chi connectivity index (χ1) is 6.95. The molecule has 0 aliphatic carbocycles. The molecular formula is C11H9F3O. The van der Waals surface area contributed by atoms with E-state index < -0.39 is 11.7 Å². The van der Waals surface area contributed by atoms with Gasteiger partial charge in [-0.1, -0.05) is 18.2 Å². The molecule has 0 radical (unpaired) electrons. The van der Waals surface area contributed by atoms with Crippen molar-refractivity contribution in [2.45, 2.75) is 13.1 Å². The van der Waals surface area contributed by atoms with Crippen LogP contribution in [0.2, 0.25) is 0 Å². The van der Waals surface area contributed by atoms with E-state index in [1.807, 2.05) is 0 Å². The topological polar surface area (TPSA) is 17.1 Å². The molecule has 0 saturated heterocycles. The summed E-state index contributed by atoms with van der Waals surface area (Å²) in [6.45, 7) is 1.46. The average Bonchev–Trinajstić information content (AvgIpc) is 2.17. The van der Waals surface area contributed by atoms with Gasteiger partial charge in [0.2, 0.25) is 0 Å². The zero-order valence-corrected chi connectivity index (χ0v) is 8.01. The lowest BCUT2D eigenvalue weighted by atomic mass is 10.1. The molecule has 0 fully saturated rings. The molecule has 0 saturated carbocycles. The second kappa shape index (κ2) is 4.29. The molecule has 1 nitrogen and oxygen atoms in total. The molecule has 1 aromatic carbocycles. The van der Waals surface area contributed by atoms with E-state index in [0.717, 1.165) is 6.07 Å². The Morgan fingerprint density at radius 2 is 1.87 bits per heavy atom. The van der Waals surface area contributed by atoms with E-state index in [-0.39, 0.29) is 11.1 Å². The quantitative estimate of drug-likeness (QED) is 0.545. The van der Waals surface area contributed by atoms with Gasteiger partial charge in [-0.2, -0.15) is 13.2 Å². The largest absolute Gasteiger partial charge is 0.416 e. The van der Waals surface area contributed by atoms with E-state index in [0.29, 0.717) is 6.29 Å². The molecule has 0 aliphatic heterocycles. The fourth-order valence-electron chi connectivity index (χ4n) is 1.16. The van der Waals surface area contributed by atoms with E-state index >= 15 is 0 Å². The second-order valence-corrected chi connectivity index (χ2v) is 3.09. The van der Waals surface area contributed by atoms with E-state index in [9.17, 15) is 18.0 Å². The fourth-order valence-corrected chi connectivity index (χ4v) is 1.16. The minimum atomic E-state index is -4.39. The summed E-state index contributed by atoms with van der Waals surface area (Å²) in [4.78, 5) is 10.3. The molecule has 0 amide bonds. The van der Waals surface area contributed by atoms with Crippen LogP contribution in [-0.2, 0) is 11.0 Å². The van der Waals surface area contributed by atoms with Gasteiger partial charge in [-0.05, 0) is 30.2 Å². The number of hydrogen-bond acceptors (Lipinski definition) is 1. The van der Waals surface area contributed by atoms with Gasteiger partial charge in [-0.3, -0.25) is 4.79 Å². The highest BCUT2D eigenvalue weighted by Crippen LogP contribution is 2.32. The fraction of sp³-hybridized carbons (Fsp3) is 0.182. The Morgan fingerprint density at radius 3 is 2.40 bits per heavy atom. The van der Waals surface area contributed by atoms with Gasteiger partial charge >= 0.3 is 6.18 Å². The molecule has 0 N–H and O–H groups in total. The van der Waals surface area contributed by atoms with Crippen molar-refractivity contribution in [3.8, 4) is 0 Å². The monoisotopic (exact) mass is 214 g/mol. The summed E-state index contributed by atoms with van der Waals surface area (Å²) in [6.07, 6.45) is -2.65. The number of allylic oxidation sites excluding steroid dienone is 1. The maximum atomic E-state index is 12.5. The Labute approximate surface area is 85.2 Å². The minimum absolute atomic E-state index is 0.00889. The predicted octanol–water partition coefficient (Wildman–Crippen LogP) is 3.31. The zero-order chi connectivity index (χ0) is 11.5. The van der Waals surface area contributed by atoms with E-state index in [1.165, 1.54) is 31.2 Å². The smallest absolute Gasteiger partial charge is 0.298 e. The summed E-state index contributed by atoms with van der Waals surface area (Å²) in [5.74, 6) is 0. The number of carbonyl (C=O) groups excluding carboxylic acids is 1. The van der Waals surface area contributed by atoms with Crippen LogP contribution < -0.4 is 0 Å². The Kier molecular flexibility index (Phi) is 3.29. The first-order valence-corrected chi connectivity index (χ1v) is 4.25. The van der Waals surface area contributed by atoms with Gasteiger partial charge in [0.15, 0.2) is 0 Å². The third-order valence-corrected chi connectivity index (χ3v) is 1.84. The van der Waals surface area contributed by atoms with Gasteiger partial charge in [0.05, 0.1) is 5.56 Å². The molecule has 1 rings (SSSR count). The van der Waals surface area contributed by atoms with E-state index in [2.05, 4.69) is 0 Å². The summed E-state index contributed by atoms with van der Waals surface area (Å²) in [6, 6.07) is 5.13. The second-order valence-electron chi connectivity index (χ2n) is 3.09. The molecule has 0 atom stereocenters. The van der Waals surface area contributed by atoms with Crippen molar-refractivity contribution in [1.29, 1.82) is 0 Å². The minimum Gasteiger partial charge on any atom is -0.298 e. The summed E-state index contributed by atoms with van der Waals surface area (Å²) in [7, 11) is 0. The Bertz CT molecular complexity index is 391. The van der Waals surface area contributed by atoms with Crippen LogP contribution in [0.25, 0.3) is 6.08 Å². The van der Waals surface area contributed by atoms with Gasteiger partial charge in [-0.25, -0.2) is 0 Å². The Morgan fingerprint density at radius 1 is 1.27 bits per heavy atom. The molecule has 0 aromatic heterocycles. The highest BCUT2D eigenvalue weighted by molar-refractivity contribution is 5.81. The molecule has 0 unspecified atom stereocenters. The van der Waals surface area contributed by atoms with Crippen LogP contribution >= 0.6 is 0 Å². The normalized spacial score (nSPS) is 12.7. The molecule has 4 heteroatoms. The third kappa shape index (κ3) is 2.94. The molecule has 15 heavy (non-hydrogen) atoms.